The highest BCUT2D eigenvalue weighted by atomic mass is 19.1. The molecule has 2 N–H and O–H groups in total. The number of halogens is 1. The van der Waals surface area contributed by atoms with Crippen LogP contribution in [0.4, 0.5) is 4.39 Å². The molecule has 0 spiro atoms. The molecule has 0 saturated heterocycles. The van der Waals surface area contributed by atoms with Crippen LogP contribution in [0.1, 0.15) is 11.9 Å². The first kappa shape index (κ1) is 14.4. The molecule has 20 heavy (non-hydrogen) atoms. The van der Waals surface area contributed by atoms with E-state index in [1.165, 1.54) is 19.2 Å². The van der Waals surface area contributed by atoms with Gasteiger partial charge in [0, 0.05) is 12.1 Å². The standard InChI is InChI=1S/C13H17FN4O2/c1-18(2)7-10(15)12-16-13(20-17-12)8-4-5-11(19-3)9(14)6-8/h4-6,10H,7,15H2,1-3H3. The summed E-state index contributed by atoms with van der Waals surface area (Å²) in [6, 6.07) is 4.09. The summed E-state index contributed by atoms with van der Waals surface area (Å²) in [5, 5.41) is 3.83. The monoisotopic (exact) mass is 280 g/mol. The van der Waals surface area contributed by atoms with Crippen molar-refractivity contribution < 1.29 is 13.7 Å². The number of aromatic nitrogens is 2. The van der Waals surface area contributed by atoms with Crippen molar-refractivity contribution in [3.63, 3.8) is 0 Å². The number of likely N-dealkylation sites (N-methyl/N-ethyl adjacent to an activating group) is 1. The van der Waals surface area contributed by atoms with Crippen LogP contribution in [0.5, 0.6) is 5.75 Å². The molecule has 1 unspecified atom stereocenters. The zero-order valence-corrected chi connectivity index (χ0v) is 11.6. The number of ether oxygens (including phenoxy) is 1. The second-order valence-corrected chi connectivity index (χ2v) is 4.68. The molecule has 2 rings (SSSR count). The number of benzene rings is 1. The molecule has 1 heterocycles. The van der Waals surface area contributed by atoms with Gasteiger partial charge in [0.25, 0.3) is 5.89 Å². The number of nitrogens with zero attached hydrogens (tertiary/aromatic N) is 3. The van der Waals surface area contributed by atoms with Gasteiger partial charge in [-0.2, -0.15) is 4.98 Å². The summed E-state index contributed by atoms with van der Waals surface area (Å²) in [6.45, 7) is 0.593. The zero-order chi connectivity index (χ0) is 14.7. The van der Waals surface area contributed by atoms with Gasteiger partial charge in [-0.1, -0.05) is 5.16 Å². The number of rotatable bonds is 5. The van der Waals surface area contributed by atoms with Crippen LogP contribution in [0.2, 0.25) is 0 Å². The van der Waals surface area contributed by atoms with Gasteiger partial charge in [-0.15, -0.1) is 0 Å². The van der Waals surface area contributed by atoms with E-state index in [2.05, 4.69) is 10.1 Å². The van der Waals surface area contributed by atoms with Crippen molar-refractivity contribution in [3.05, 3.63) is 29.8 Å². The number of hydrogen-bond acceptors (Lipinski definition) is 6. The molecule has 0 radical (unpaired) electrons. The SMILES string of the molecule is COc1ccc(-c2nc(C(N)CN(C)C)no2)cc1F. The van der Waals surface area contributed by atoms with E-state index in [9.17, 15) is 4.39 Å². The quantitative estimate of drug-likeness (QED) is 0.893. The van der Waals surface area contributed by atoms with Gasteiger partial charge in [0.2, 0.25) is 0 Å². The lowest BCUT2D eigenvalue weighted by atomic mass is 10.2. The van der Waals surface area contributed by atoms with Crippen molar-refractivity contribution in [1.29, 1.82) is 0 Å². The van der Waals surface area contributed by atoms with Crippen molar-refractivity contribution in [2.24, 2.45) is 5.73 Å². The maximum atomic E-state index is 13.6. The molecule has 1 aromatic carbocycles. The van der Waals surface area contributed by atoms with Crippen molar-refractivity contribution >= 4 is 0 Å². The Morgan fingerprint density at radius 1 is 1.45 bits per heavy atom. The van der Waals surface area contributed by atoms with Gasteiger partial charge < -0.3 is 19.9 Å². The molecule has 0 aliphatic carbocycles. The molecule has 7 heteroatoms. The summed E-state index contributed by atoms with van der Waals surface area (Å²) in [5.41, 5.74) is 6.43. The predicted octanol–water partition coefficient (Wildman–Crippen LogP) is 1.45. The Hall–Kier alpha value is -1.99. The predicted molar refractivity (Wildman–Crippen MR) is 71.7 cm³/mol. The van der Waals surface area contributed by atoms with E-state index in [0.717, 1.165) is 0 Å². The molecule has 6 nitrogen and oxygen atoms in total. The van der Waals surface area contributed by atoms with Gasteiger partial charge in [-0.05, 0) is 32.3 Å². The van der Waals surface area contributed by atoms with Crippen LogP contribution in [0.15, 0.2) is 22.7 Å². The van der Waals surface area contributed by atoms with Crippen LogP contribution in [-0.4, -0.2) is 42.8 Å². The Morgan fingerprint density at radius 2 is 2.20 bits per heavy atom. The van der Waals surface area contributed by atoms with Crippen molar-refractivity contribution in [2.75, 3.05) is 27.7 Å². The van der Waals surface area contributed by atoms with E-state index >= 15 is 0 Å². The number of nitrogens with two attached hydrogens (primary N) is 1. The zero-order valence-electron chi connectivity index (χ0n) is 11.6. The Morgan fingerprint density at radius 3 is 2.80 bits per heavy atom. The molecule has 0 bridgehead atoms. The van der Waals surface area contributed by atoms with Crippen molar-refractivity contribution in [1.82, 2.24) is 15.0 Å². The summed E-state index contributed by atoms with van der Waals surface area (Å²) >= 11 is 0. The average Bonchev–Trinajstić information content (AvgIpc) is 2.87. The molecule has 1 atom stereocenters. The fourth-order valence-corrected chi connectivity index (χ4v) is 1.78. The highest BCUT2D eigenvalue weighted by molar-refractivity contribution is 5.54. The van der Waals surface area contributed by atoms with Gasteiger partial charge in [0.15, 0.2) is 17.4 Å². The minimum Gasteiger partial charge on any atom is -0.494 e. The summed E-state index contributed by atoms with van der Waals surface area (Å²) in [7, 11) is 5.21. The second kappa shape index (κ2) is 5.98. The fraction of sp³-hybridized carbons (Fsp3) is 0.385. The molecule has 0 amide bonds. The van der Waals surface area contributed by atoms with E-state index in [1.54, 1.807) is 6.07 Å². The molecule has 0 aliphatic rings. The normalized spacial score (nSPS) is 12.7. The van der Waals surface area contributed by atoms with E-state index in [4.69, 9.17) is 15.0 Å². The van der Waals surface area contributed by atoms with E-state index in [-0.39, 0.29) is 17.7 Å². The van der Waals surface area contributed by atoms with Crippen LogP contribution in [-0.2, 0) is 0 Å². The Bertz CT molecular complexity index is 586. The molecule has 0 aliphatic heterocycles. The third kappa shape index (κ3) is 3.12. The number of methoxy groups -OCH3 is 1. The maximum Gasteiger partial charge on any atom is 0.258 e. The van der Waals surface area contributed by atoms with Gasteiger partial charge >= 0.3 is 0 Å². The molecule has 2 aromatic rings. The summed E-state index contributed by atoms with van der Waals surface area (Å²) < 4.78 is 23.6. The van der Waals surface area contributed by atoms with Gasteiger partial charge in [-0.3, -0.25) is 0 Å². The van der Waals surface area contributed by atoms with Gasteiger partial charge in [-0.25, -0.2) is 4.39 Å². The lowest BCUT2D eigenvalue weighted by Crippen LogP contribution is -2.26. The van der Waals surface area contributed by atoms with Crippen molar-refractivity contribution in [2.45, 2.75) is 6.04 Å². The molecular formula is C13H17FN4O2. The highest BCUT2D eigenvalue weighted by Gasteiger charge is 2.17. The summed E-state index contributed by atoms with van der Waals surface area (Å²) in [4.78, 5) is 6.12. The van der Waals surface area contributed by atoms with E-state index in [0.29, 0.717) is 17.9 Å². The average molecular weight is 280 g/mol. The topological polar surface area (TPSA) is 77.4 Å². The van der Waals surface area contributed by atoms with Crippen LogP contribution < -0.4 is 10.5 Å². The minimum absolute atomic E-state index is 0.165. The number of hydrogen-bond donors (Lipinski definition) is 1. The molecule has 1 aromatic heterocycles. The summed E-state index contributed by atoms with van der Waals surface area (Å²) in [5.74, 6) is 0.306. The fourth-order valence-electron chi connectivity index (χ4n) is 1.78. The van der Waals surface area contributed by atoms with Gasteiger partial charge in [0.05, 0.1) is 13.2 Å². The Balaban J connectivity index is 2.22. The third-order valence-electron chi connectivity index (χ3n) is 2.73. The molecule has 108 valence electrons. The Kier molecular flexibility index (Phi) is 4.31. The molecular weight excluding hydrogens is 263 g/mol. The smallest absolute Gasteiger partial charge is 0.258 e. The van der Waals surface area contributed by atoms with Crippen LogP contribution in [0.25, 0.3) is 11.5 Å². The molecule has 0 fully saturated rings. The first-order valence-electron chi connectivity index (χ1n) is 6.09. The first-order chi connectivity index (χ1) is 9.51. The lowest BCUT2D eigenvalue weighted by molar-refractivity contribution is 0.357. The highest BCUT2D eigenvalue weighted by Crippen LogP contribution is 2.24. The minimum atomic E-state index is -0.484. The second-order valence-electron chi connectivity index (χ2n) is 4.68. The van der Waals surface area contributed by atoms with E-state index < -0.39 is 5.82 Å². The maximum absolute atomic E-state index is 13.6. The summed E-state index contributed by atoms with van der Waals surface area (Å²) in [6.07, 6.45) is 0. The van der Waals surface area contributed by atoms with Crippen LogP contribution in [0, 0.1) is 5.82 Å². The Labute approximate surface area is 116 Å². The third-order valence-corrected chi connectivity index (χ3v) is 2.73. The molecule has 0 saturated carbocycles. The van der Waals surface area contributed by atoms with Crippen molar-refractivity contribution in [3.8, 4) is 17.2 Å². The van der Waals surface area contributed by atoms with Crippen LogP contribution in [0.3, 0.4) is 0 Å². The first-order valence-corrected chi connectivity index (χ1v) is 6.09. The lowest BCUT2D eigenvalue weighted by Gasteiger charge is -2.12. The van der Waals surface area contributed by atoms with E-state index in [1.807, 2.05) is 19.0 Å². The van der Waals surface area contributed by atoms with Crippen LogP contribution >= 0.6 is 0 Å². The largest absolute Gasteiger partial charge is 0.494 e. The van der Waals surface area contributed by atoms with Gasteiger partial charge in [0.1, 0.15) is 0 Å².